The minimum absolute atomic E-state index is 0. The van der Waals surface area contributed by atoms with Gasteiger partial charge < -0.3 is 10.6 Å². The van der Waals surface area contributed by atoms with Crippen molar-refractivity contribution in [2.45, 2.75) is 12.5 Å². The van der Waals surface area contributed by atoms with Gasteiger partial charge in [-0.3, -0.25) is 4.98 Å². The Kier molecular flexibility index (Phi) is 3.92. The fourth-order valence-electron chi connectivity index (χ4n) is 1.36. The van der Waals surface area contributed by atoms with Gasteiger partial charge in [0.1, 0.15) is 5.82 Å². The maximum atomic E-state index is 4.14. The van der Waals surface area contributed by atoms with Crippen molar-refractivity contribution in [3.63, 3.8) is 0 Å². The molecule has 0 aromatic carbocycles. The van der Waals surface area contributed by atoms with Gasteiger partial charge in [0.05, 0.1) is 6.20 Å². The zero-order valence-corrected chi connectivity index (χ0v) is 8.05. The van der Waals surface area contributed by atoms with Gasteiger partial charge in [0.2, 0.25) is 0 Å². The molecule has 1 atom stereocenters. The smallest absolute Gasteiger partial charge is 0.144 e. The van der Waals surface area contributed by atoms with Gasteiger partial charge in [0.25, 0.3) is 0 Å². The lowest BCUT2D eigenvalue weighted by atomic mass is 10.3. The van der Waals surface area contributed by atoms with Crippen LogP contribution in [0.25, 0.3) is 0 Å². The molecule has 5 heteroatoms. The number of hydrogen-bond acceptors (Lipinski definition) is 4. The summed E-state index contributed by atoms with van der Waals surface area (Å²) in [7, 11) is 0. The third-order valence-corrected chi connectivity index (χ3v) is 1.98. The number of nitrogens with one attached hydrogen (secondary N) is 2. The summed E-state index contributed by atoms with van der Waals surface area (Å²) < 4.78 is 0. The Bertz CT molecular complexity index is 235. The average molecular weight is 201 g/mol. The second-order valence-electron chi connectivity index (χ2n) is 2.92. The van der Waals surface area contributed by atoms with Crippen molar-refractivity contribution in [1.82, 2.24) is 15.3 Å². The van der Waals surface area contributed by atoms with Crippen LogP contribution in [0.4, 0.5) is 5.82 Å². The maximum absolute atomic E-state index is 4.14. The summed E-state index contributed by atoms with van der Waals surface area (Å²) in [5, 5.41) is 6.59. The Hall–Kier alpha value is -0.870. The van der Waals surface area contributed by atoms with Gasteiger partial charge in [-0.1, -0.05) is 0 Å². The van der Waals surface area contributed by atoms with Gasteiger partial charge in [0, 0.05) is 25.0 Å². The summed E-state index contributed by atoms with van der Waals surface area (Å²) in [4.78, 5) is 8.12. The minimum Gasteiger partial charge on any atom is -0.365 e. The van der Waals surface area contributed by atoms with Crippen molar-refractivity contribution >= 4 is 18.2 Å². The van der Waals surface area contributed by atoms with Crippen LogP contribution in [-0.2, 0) is 0 Å². The van der Waals surface area contributed by atoms with Gasteiger partial charge >= 0.3 is 0 Å². The third-order valence-electron chi connectivity index (χ3n) is 1.98. The van der Waals surface area contributed by atoms with Crippen LogP contribution in [0, 0.1) is 0 Å². The molecule has 1 saturated heterocycles. The highest BCUT2D eigenvalue weighted by Crippen LogP contribution is 2.05. The van der Waals surface area contributed by atoms with Crippen LogP contribution >= 0.6 is 12.4 Å². The molecule has 1 aromatic rings. The van der Waals surface area contributed by atoms with Crippen LogP contribution < -0.4 is 10.6 Å². The quantitative estimate of drug-likeness (QED) is 0.737. The third kappa shape index (κ3) is 2.82. The molecule has 0 aliphatic carbocycles. The topological polar surface area (TPSA) is 49.8 Å². The molecule has 4 nitrogen and oxygen atoms in total. The van der Waals surface area contributed by atoms with E-state index >= 15 is 0 Å². The van der Waals surface area contributed by atoms with Crippen LogP contribution in [0.15, 0.2) is 18.6 Å². The molecule has 0 radical (unpaired) electrons. The maximum Gasteiger partial charge on any atom is 0.144 e. The summed E-state index contributed by atoms with van der Waals surface area (Å²) >= 11 is 0. The zero-order chi connectivity index (χ0) is 8.23. The SMILES string of the molecule is Cl.c1cnc(N[C@H]2CCNC2)cn1. The number of halogens is 1. The molecule has 1 fully saturated rings. The number of rotatable bonds is 2. The van der Waals surface area contributed by atoms with E-state index in [0.717, 1.165) is 25.3 Å². The lowest BCUT2D eigenvalue weighted by Crippen LogP contribution is -2.22. The molecular formula is C8H13ClN4. The first kappa shape index (κ1) is 10.2. The van der Waals surface area contributed by atoms with Crippen molar-refractivity contribution < 1.29 is 0 Å². The summed E-state index contributed by atoms with van der Waals surface area (Å²) in [6.07, 6.45) is 6.29. The first-order chi connectivity index (χ1) is 5.95. The lowest BCUT2D eigenvalue weighted by Gasteiger charge is -2.10. The van der Waals surface area contributed by atoms with Crippen LogP contribution in [-0.4, -0.2) is 29.1 Å². The minimum atomic E-state index is 0. The highest BCUT2D eigenvalue weighted by atomic mass is 35.5. The molecule has 2 N–H and O–H groups in total. The molecule has 72 valence electrons. The zero-order valence-electron chi connectivity index (χ0n) is 7.23. The first-order valence-electron chi connectivity index (χ1n) is 4.18. The van der Waals surface area contributed by atoms with E-state index in [9.17, 15) is 0 Å². The molecule has 1 aromatic heterocycles. The standard InChI is InChI=1S/C8H12N4.ClH/c1-2-9-5-7(1)12-8-6-10-3-4-11-8;/h3-4,6-7,9H,1-2,5H2,(H,11,12);1H/t7-;/m0./s1. The molecule has 2 rings (SSSR count). The monoisotopic (exact) mass is 200 g/mol. The molecular weight excluding hydrogens is 188 g/mol. The van der Waals surface area contributed by atoms with E-state index in [1.165, 1.54) is 0 Å². The van der Waals surface area contributed by atoms with E-state index in [2.05, 4.69) is 20.6 Å². The van der Waals surface area contributed by atoms with E-state index in [1.54, 1.807) is 18.6 Å². The van der Waals surface area contributed by atoms with Crippen molar-refractivity contribution in [2.75, 3.05) is 18.4 Å². The van der Waals surface area contributed by atoms with E-state index in [1.807, 2.05) is 0 Å². The second-order valence-corrected chi connectivity index (χ2v) is 2.92. The molecule has 0 bridgehead atoms. The molecule has 2 heterocycles. The summed E-state index contributed by atoms with van der Waals surface area (Å²) in [6.45, 7) is 2.12. The Morgan fingerprint density at radius 1 is 1.46 bits per heavy atom. The normalized spacial score (nSPS) is 20.8. The average Bonchev–Trinajstić information content (AvgIpc) is 2.59. The van der Waals surface area contributed by atoms with Gasteiger partial charge in [0.15, 0.2) is 0 Å². The molecule has 13 heavy (non-hydrogen) atoms. The Balaban J connectivity index is 0.000000845. The van der Waals surface area contributed by atoms with Crippen LogP contribution in [0.5, 0.6) is 0 Å². The Morgan fingerprint density at radius 2 is 2.38 bits per heavy atom. The molecule has 0 spiro atoms. The number of anilines is 1. The first-order valence-corrected chi connectivity index (χ1v) is 4.18. The second kappa shape index (κ2) is 4.99. The van der Waals surface area contributed by atoms with Crippen molar-refractivity contribution in [2.24, 2.45) is 0 Å². The van der Waals surface area contributed by atoms with Gasteiger partial charge in [-0.15, -0.1) is 12.4 Å². The van der Waals surface area contributed by atoms with E-state index < -0.39 is 0 Å². The van der Waals surface area contributed by atoms with Gasteiger partial charge in [-0.2, -0.15) is 0 Å². The van der Waals surface area contributed by atoms with Crippen molar-refractivity contribution in [1.29, 1.82) is 0 Å². The Morgan fingerprint density at radius 3 is 3.00 bits per heavy atom. The highest BCUT2D eigenvalue weighted by molar-refractivity contribution is 5.85. The van der Waals surface area contributed by atoms with E-state index in [0.29, 0.717) is 6.04 Å². The lowest BCUT2D eigenvalue weighted by molar-refractivity contribution is 0.786. The van der Waals surface area contributed by atoms with Gasteiger partial charge in [-0.05, 0) is 13.0 Å². The highest BCUT2D eigenvalue weighted by Gasteiger charge is 2.13. The molecule has 0 saturated carbocycles. The fraction of sp³-hybridized carbons (Fsp3) is 0.500. The van der Waals surface area contributed by atoms with E-state index in [-0.39, 0.29) is 12.4 Å². The summed E-state index contributed by atoms with van der Waals surface area (Å²) in [5.74, 6) is 0.867. The molecule has 0 amide bonds. The summed E-state index contributed by atoms with van der Waals surface area (Å²) in [6, 6.07) is 0.515. The van der Waals surface area contributed by atoms with Gasteiger partial charge in [-0.25, -0.2) is 4.98 Å². The van der Waals surface area contributed by atoms with E-state index in [4.69, 9.17) is 0 Å². The van der Waals surface area contributed by atoms with Crippen LogP contribution in [0.1, 0.15) is 6.42 Å². The molecule has 1 aliphatic heterocycles. The van der Waals surface area contributed by atoms with Crippen molar-refractivity contribution in [3.05, 3.63) is 18.6 Å². The molecule has 0 unspecified atom stereocenters. The number of aromatic nitrogens is 2. The van der Waals surface area contributed by atoms with Crippen LogP contribution in [0.2, 0.25) is 0 Å². The Labute approximate surface area is 83.6 Å². The summed E-state index contributed by atoms with van der Waals surface area (Å²) in [5.41, 5.74) is 0. The fourth-order valence-corrected chi connectivity index (χ4v) is 1.36. The predicted octanol–water partition coefficient (Wildman–Crippen LogP) is 0.672. The van der Waals surface area contributed by atoms with Crippen LogP contribution in [0.3, 0.4) is 0 Å². The van der Waals surface area contributed by atoms with Crippen molar-refractivity contribution in [3.8, 4) is 0 Å². The number of nitrogens with zero attached hydrogens (tertiary/aromatic N) is 2. The number of hydrogen-bond donors (Lipinski definition) is 2. The predicted molar refractivity (Wildman–Crippen MR) is 54.2 cm³/mol. The largest absolute Gasteiger partial charge is 0.365 e. The molecule has 1 aliphatic rings.